The van der Waals surface area contributed by atoms with E-state index in [2.05, 4.69) is 5.32 Å². The molecule has 0 bridgehead atoms. The van der Waals surface area contributed by atoms with Gasteiger partial charge in [-0.15, -0.1) is 0 Å². The lowest BCUT2D eigenvalue weighted by Gasteiger charge is -2.13. The molecular weight excluding hydrogens is 242 g/mol. The quantitative estimate of drug-likeness (QED) is 0.734. The van der Waals surface area contributed by atoms with Crippen molar-refractivity contribution < 1.29 is 14.3 Å². The predicted octanol–water partition coefficient (Wildman–Crippen LogP) is 2.77. The Hall–Kier alpha value is -1.55. The molecule has 1 atom stereocenters. The lowest BCUT2D eigenvalue weighted by molar-refractivity contribution is -0.150. The molecule has 0 amide bonds. The molecule has 0 spiro atoms. The van der Waals surface area contributed by atoms with E-state index in [-0.39, 0.29) is 12.1 Å². The van der Waals surface area contributed by atoms with E-state index < -0.39 is 0 Å². The molecule has 0 aliphatic rings. The van der Waals surface area contributed by atoms with Crippen LogP contribution >= 0.6 is 0 Å². The highest BCUT2D eigenvalue weighted by Gasteiger charge is 2.09. The van der Waals surface area contributed by atoms with E-state index in [1.807, 2.05) is 45.0 Å². The lowest BCUT2D eigenvalue weighted by Crippen LogP contribution is -2.22. The van der Waals surface area contributed by atoms with Gasteiger partial charge in [-0.25, -0.2) is 0 Å². The van der Waals surface area contributed by atoms with E-state index in [9.17, 15) is 4.79 Å². The van der Waals surface area contributed by atoms with Crippen molar-refractivity contribution in [1.82, 2.24) is 0 Å². The van der Waals surface area contributed by atoms with Gasteiger partial charge in [-0.1, -0.05) is 18.2 Å². The minimum atomic E-state index is -0.201. The Kier molecular flexibility index (Phi) is 6.97. The third kappa shape index (κ3) is 6.25. The lowest BCUT2D eigenvalue weighted by atomic mass is 10.2. The first-order valence-corrected chi connectivity index (χ1v) is 6.70. The number of esters is 1. The van der Waals surface area contributed by atoms with Crippen LogP contribution in [0.4, 0.5) is 5.69 Å². The summed E-state index contributed by atoms with van der Waals surface area (Å²) in [4.78, 5) is 11.6. The molecule has 0 radical (unpaired) electrons. The first-order chi connectivity index (χ1) is 9.13. The molecule has 0 saturated heterocycles. The van der Waals surface area contributed by atoms with Crippen molar-refractivity contribution in [3.8, 4) is 0 Å². The highest BCUT2D eigenvalue weighted by atomic mass is 16.6. The zero-order chi connectivity index (χ0) is 14.1. The standard InChI is InChI=1S/C15H23NO3/c1-4-18-11-13(3)19-15(17)9-10-16-14-8-6-5-7-12(14)2/h5-8,13,16H,4,9-11H2,1-3H3. The SMILES string of the molecule is CCOCC(C)OC(=O)CCNc1ccccc1C. The summed E-state index contributed by atoms with van der Waals surface area (Å²) in [6.45, 7) is 7.45. The molecule has 0 aliphatic carbocycles. The summed E-state index contributed by atoms with van der Waals surface area (Å²) in [5.74, 6) is -0.201. The molecule has 4 heteroatoms. The van der Waals surface area contributed by atoms with Crippen molar-refractivity contribution in [2.75, 3.05) is 25.1 Å². The monoisotopic (exact) mass is 265 g/mol. The van der Waals surface area contributed by atoms with Crippen LogP contribution in [0.25, 0.3) is 0 Å². The number of hydrogen-bond donors (Lipinski definition) is 1. The zero-order valence-corrected chi connectivity index (χ0v) is 11.9. The second-order valence-electron chi connectivity index (χ2n) is 4.45. The fourth-order valence-electron chi connectivity index (χ4n) is 1.67. The second kappa shape index (κ2) is 8.53. The third-order valence-electron chi connectivity index (χ3n) is 2.68. The molecule has 106 valence electrons. The summed E-state index contributed by atoms with van der Waals surface area (Å²) in [6.07, 6.45) is 0.163. The largest absolute Gasteiger partial charge is 0.460 e. The molecule has 0 fully saturated rings. The summed E-state index contributed by atoms with van der Waals surface area (Å²) < 4.78 is 10.4. The van der Waals surface area contributed by atoms with Crippen molar-refractivity contribution in [1.29, 1.82) is 0 Å². The van der Waals surface area contributed by atoms with Crippen LogP contribution in [0.3, 0.4) is 0 Å². The van der Waals surface area contributed by atoms with E-state index >= 15 is 0 Å². The number of rotatable bonds is 8. The number of anilines is 1. The van der Waals surface area contributed by atoms with Gasteiger partial charge in [0.25, 0.3) is 0 Å². The molecule has 0 heterocycles. The van der Waals surface area contributed by atoms with Crippen molar-refractivity contribution in [2.45, 2.75) is 33.3 Å². The van der Waals surface area contributed by atoms with Gasteiger partial charge in [0, 0.05) is 18.8 Å². The van der Waals surface area contributed by atoms with Gasteiger partial charge >= 0.3 is 5.97 Å². The Labute approximate surface area is 115 Å². The molecule has 0 aliphatic heterocycles. The van der Waals surface area contributed by atoms with Gasteiger partial charge in [-0.05, 0) is 32.4 Å². The number of hydrogen-bond acceptors (Lipinski definition) is 4. The van der Waals surface area contributed by atoms with Gasteiger partial charge < -0.3 is 14.8 Å². The Bertz CT molecular complexity index is 393. The molecule has 1 rings (SSSR count). The highest BCUT2D eigenvalue weighted by molar-refractivity contribution is 5.70. The van der Waals surface area contributed by atoms with Gasteiger partial charge in [0.15, 0.2) is 0 Å². The van der Waals surface area contributed by atoms with Gasteiger partial charge in [-0.2, -0.15) is 0 Å². The van der Waals surface area contributed by atoms with Crippen molar-refractivity contribution in [3.63, 3.8) is 0 Å². The van der Waals surface area contributed by atoms with Crippen LogP contribution in [0.15, 0.2) is 24.3 Å². The van der Waals surface area contributed by atoms with E-state index in [0.29, 0.717) is 26.2 Å². The van der Waals surface area contributed by atoms with Gasteiger partial charge in [0.2, 0.25) is 0 Å². The molecule has 1 unspecified atom stereocenters. The number of aryl methyl sites for hydroxylation is 1. The topological polar surface area (TPSA) is 47.6 Å². The maximum absolute atomic E-state index is 11.6. The molecular formula is C15H23NO3. The number of carbonyl (C=O) groups is 1. The maximum atomic E-state index is 11.6. The molecule has 1 N–H and O–H groups in total. The molecule has 1 aromatic carbocycles. The van der Waals surface area contributed by atoms with E-state index in [4.69, 9.17) is 9.47 Å². The Balaban J connectivity index is 2.22. The minimum absolute atomic E-state index is 0.189. The maximum Gasteiger partial charge on any atom is 0.307 e. The minimum Gasteiger partial charge on any atom is -0.460 e. The van der Waals surface area contributed by atoms with Gasteiger partial charge in [0.1, 0.15) is 6.10 Å². The Morgan fingerprint density at radius 1 is 1.37 bits per heavy atom. The molecule has 1 aromatic rings. The zero-order valence-electron chi connectivity index (χ0n) is 11.9. The van der Waals surface area contributed by atoms with Crippen molar-refractivity contribution >= 4 is 11.7 Å². The van der Waals surface area contributed by atoms with Crippen LogP contribution in [-0.4, -0.2) is 31.8 Å². The summed E-state index contributed by atoms with van der Waals surface area (Å²) in [7, 11) is 0. The summed E-state index contributed by atoms with van der Waals surface area (Å²) in [6, 6.07) is 7.99. The van der Waals surface area contributed by atoms with Crippen LogP contribution < -0.4 is 5.32 Å². The predicted molar refractivity (Wildman–Crippen MR) is 76.3 cm³/mol. The third-order valence-corrected chi connectivity index (χ3v) is 2.68. The van der Waals surface area contributed by atoms with Gasteiger partial charge in [0.05, 0.1) is 13.0 Å². The average Bonchev–Trinajstić information content (AvgIpc) is 2.38. The van der Waals surface area contributed by atoms with E-state index in [1.54, 1.807) is 0 Å². The number of carbonyl (C=O) groups excluding carboxylic acids is 1. The number of para-hydroxylation sites is 1. The normalized spacial score (nSPS) is 11.9. The molecule has 4 nitrogen and oxygen atoms in total. The summed E-state index contributed by atoms with van der Waals surface area (Å²) >= 11 is 0. The van der Waals surface area contributed by atoms with Crippen LogP contribution in [-0.2, 0) is 14.3 Å². The molecule has 0 aromatic heterocycles. The number of benzene rings is 1. The molecule has 0 saturated carbocycles. The first-order valence-electron chi connectivity index (χ1n) is 6.70. The van der Waals surface area contributed by atoms with E-state index in [0.717, 1.165) is 5.69 Å². The Morgan fingerprint density at radius 3 is 2.79 bits per heavy atom. The van der Waals surface area contributed by atoms with Crippen molar-refractivity contribution in [3.05, 3.63) is 29.8 Å². The van der Waals surface area contributed by atoms with Gasteiger partial charge in [-0.3, -0.25) is 4.79 Å². The van der Waals surface area contributed by atoms with Crippen LogP contribution in [0.2, 0.25) is 0 Å². The van der Waals surface area contributed by atoms with Crippen LogP contribution in [0, 0.1) is 6.92 Å². The van der Waals surface area contributed by atoms with E-state index in [1.165, 1.54) is 5.56 Å². The summed E-state index contributed by atoms with van der Waals surface area (Å²) in [5.41, 5.74) is 2.22. The first kappa shape index (κ1) is 15.5. The van der Waals surface area contributed by atoms with Crippen molar-refractivity contribution in [2.24, 2.45) is 0 Å². The molecule has 19 heavy (non-hydrogen) atoms. The Morgan fingerprint density at radius 2 is 2.11 bits per heavy atom. The number of ether oxygens (including phenoxy) is 2. The average molecular weight is 265 g/mol. The fraction of sp³-hybridized carbons (Fsp3) is 0.533. The van der Waals surface area contributed by atoms with Crippen LogP contribution in [0.5, 0.6) is 0 Å². The summed E-state index contributed by atoms with van der Waals surface area (Å²) in [5, 5.41) is 3.23. The fourth-order valence-corrected chi connectivity index (χ4v) is 1.67. The second-order valence-corrected chi connectivity index (χ2v) is 4.45. The smallest absolute Gasteiger partial charge is 0.307 e. The van der Waals surface area contributed by atoms with Crippen LogP contribution in [0.1, 0.15) is 25.8 Å². The highest BCUT2D eigenvalue weighted by Crippen LogP contribution is 2.12. The number of nitrogens with one attached hydrogen (secondary N) is 1.